The molecule has 4 rings (SSSR count). The van der Waals surface area contributed by atoms with Crippen LogP contribution in [0.1, 0.15) is 36.3 Å². The fourth-order valence-electron chi connectivity index (χ4n) is 4.41. The molecule has 4 nitrogen and oxygen atoms in total. The summed E-state index contributed by atoms with van der Waals surface area (Å²) < 4.78 is 0. The van der Waals surface area contributed by atoms with Crippen LogP contribution in [0.15, 0.2) is 65.7 Å². The van der Waals surface area contributed by atoms with Crippen molar-refractivity contribution in [2.45, 2.75) is 37.6 Å². The minimum Gasteiger partial charge on any atom is -0.356 e. The molecule has 154 valence electrons. The van der Waals surface area contributed by atoms with Gasteiger partial charge in [0.1, 0.15) is 0 Å². The average molecular weight is 391 g/mol. The standard InChI is InChI=1S/C25H34N4/c1-26-25(27-17-21-14-15-29(19-21)24-12-13-24)28-18-23(22-10-6-3-7-11-22)16-20-8-4-2-5-9-20/h2-11,21,23-24H,12-19H2,1H3,(H2,26,27,28). The molecular weight excluding hydrogens is 356 g/mol. The van der Waals surface area contributed by atoms with Crippen LogP contribution in [0.4, 0.5) is 0 Å². The fraction of sp³-hybridized carbons (Fsp3) is 0.480. The Morgan fingerprint density at radius 3 is 2.41 bits per heavy atom. The lowest BCUT2D eigenvalue weighted by atomic mass is 9.92. The van der Waals surface area contributed by atoms with Crippen LogP contribution in [0.2, 0.25) is 0 Å². The van der Waals surface area contributed by atoms with Crippen molar-refractivity contribution < 1.29 is 0 Å². The van der Waals surface area contributed by atoms with Gasteiger partial charge in [-0.2, -0.15) is 0 Å². The zero-order valence-electron chi connectivity index (χ0n) is 17.6. The summed E-state index contributed by atoms with van der Waals surface area (Å²) in [5.41, 5.74) is 2.74. The molecule has 2 unspecified atom stereocenters. The van der Waals surface area contributed by atoms with Gasteiger partial charge in [-0.25, -0.2) is 0 Å². The molecule has 29 heavy (non-hydrogen) atoms. The highest BCUT2D eigenvalue weighted by Gasteiger charge is 2.34. The van der Waals surface area contributed by atoms with E-state index >= 15 is 0 Å². The normalized spacial score (nSPS) is 21.1. The molecule has 1 aliphatic carbocycles. The van der Waals surface area contributed by atoms with Crippen molar-refractivity contribution >= 4 is 5.96 Å². The van der Waals surface area contributed by atoms with E-state index in [9.17, 15) is 0 Å². The van der Waals surface area contributed by atoms with E-state index in [2.05, 4.69) is 81.2 Å². The molecule has 1 saturated carbocycles. The molecule has 2 fully saturated rings. The number of hydrogen-bond acceptors (Lipinski definition) is 2. The van der Waals surface area contributed by atoms with Crippen LogP contribution >= 0.6 is 0 Å². The Morgan fingerprint density at radius 1 is 1.00 bits per heavy atom. The van der Waals surface area contributed by atoms with E-state index in [0.29, 0.717) is 5.92 Å². The van der Waals surface area contributed by atoms with Crippen molar-refractivity contribution in [3.05, 3.63) is 71.8 Å². The van der Waals surface area contributed by atoms with Crippen molar-refractivity contribution in [2.24, 2.45) is 10.9 Å². The molecule has 1 aliphatic heterocycles. The summed E-state index contributed by atoms with van der Waals surface area (Å²) in [6.07, 6.45) is 5.15. The van der Waals surface area contributed by atoms with Gasteiger partial charge in [0.05, 0.1) is 0 Å². The zero-order valence-corrected chi connectivity index (χ0v) is 17.6. The Morgan fingerprint density at radius 2 is 1.72 bits per heavy atom. The summed E-state index contributed by atoms with van der Waals surface area (Å²) in [6.45, 7) is 4.40. The van der Waals surface area contributed by atoms with Crippen LogP contribution in [0.25, 0.3) is 0 Å². The van der Waals surface area contributed by atoms with Gasteiger partial charge < -0.3 is 15.5 Å². The number of aliphatic imine (C=N–C) groups is 1. The van der Waals surface area contributed by atoms with Gasteiger partial charge in [-0.3, -0.25) is 4.99 Å². The van der Waals surface area contributed by atoms with E-state index in [0.717, 1.165) is 37.4 Å². The first-order chi connectivity index (χ1) is 14.3. The van der Waals surface area contributed by atoms with Crippen molar-refractivity contribution in [3.8, 4) is 0 Å². The minimum absolute atomic E-state index is 0.411. The molecule has 0 bridgehead atoms. The second kappa shape index (κ2) is 9.93. The molecule has 2 atom stereocenters. The Balaban J connectivity index is 1.30. The van der Waals surface area contributed by atoms with Gasteiger partial charge in [-0.15, -0.1) is 0 Å². The van der Waals surface area contributed by atoms with Gasteiger partial charge in [-0.05, 0) is 49.3 Å². The van der Waals surface area contributed by atoms with Gasteiger partial charge in [0.2, 0.25) is 0 Å². The van der Waals surface area contributed by atoms with Crippen LogP contribution in [-0.4, -0.2) is 50.1 Å². The van der Waals surface area contributed by atoms with Crippen molar-refractivity contribution in [2.75, 3.05) is 33.2 Å². The second-order valence-corrected chi connectivity index (χ2v) is 8.51. The number of hydrogen-bond donors (Lipinski definition) is 2. The number of likely N-dealkylation sites (tertiary alicyclic amines) is 1. The minimum atomic E-state index is 0.411. The van der Waals surface area contributed by atoms with E-state index in [4.69, 9.17) is 0 Å². The predicted octanol–water partition coefficient (Wildman–Crippen LogP) is 3.66. The van der Waals surface area contributed by atoms with Gasteiger partial charge in [0, 0.05) is 38.6 Å². The molecule has 2 N–H and O–H groups in total. The quantitative estimate of drug-likeness (QED) is 0.534. The Bertz CT molecular complexity index is 770. The van der Waals surface area contributed by atoms with Crippen LogP contribution in [0.3, 0.4) is 0 Å². The molecule has 0 radical (unpaired) electrons. The lowest BCUT2D eigenvalue weighted by Gasteiger charge is -2.21. The van der Waals surface area contributed by atoms with Gasteiger partial charge in [-0.1, -0.05) is 60.7 Å². The molecule has 1 saturated heterocycles. The number of benzene rings is 2. The number of guanidine groups is 1. The molecule has 2 aliphatic rings. The first-order valence-electron chi connectivity index (χ1n) is 11.1. The van der Waals surface area contributed by atoms with Gasteiger partial charge in [0.15, 0.2) is 5.96 Å². The fourth-order valence-corrected chi connectivity index (χ4v) is 4.41. The van der Waals surface area contributed by atoms with E-state index in [-0.39, 0.29) is 0 Å². The van der Waals surface area contributed by atoms with Crippen molar-refractivity contribution in [1.82, 2.24) is 15.5 Å². The molecule has 2 aromatic rings. The smallest absolute Gasteiger partial charge is 0.191 e. The van der Waals surface area contributed by atoms with Crippen LogP contribution in [0, 0.1) is 5.92 Å². The molecule has 1 heterocycles. The van der Waals surface area contributed by atoms with Crippen molar-refractivity contribution in [1.29, 1.82) is 0 Å². The van der Waals surface area contributed by atoms with E-state index in [1.54, 1.807) is 0 Å². The predicted molar refractivity (Wildman–Crippen MR) is 121 cm³/mol. The lowest BCUT2D eigenvalue weighted by Crippen LogP contribution is -2.42. The van der Waals surface area contributed by atoms with Crippen LogP contribution < -0.4 is 10.6 Å². The Kier molecular flexibility index (Phi) is 6.83. The molecule has 0 amide bonds. The summed E-state index contributed by atoms with van der Waals surface area (Å²) in [4.78, 5) is 7.14. The summed E-state index contributed by atoms with van der Waals surface area (Å²) in [5, 5.41) is 7.16. The maximum Gasteiger partial charge on any atom is 0.191 e. The number of rotatable bonds is 8. The largest absolute Gasteiger partial charge is 0.356 e. The van der Waals surface area contributed by atoms with E-state index in [1.807, 2.05) is 7.05 Å². The summed E-state index contributed by atoms with van der Waals surface area (Å²) in [5.74, 6) is 2.07. The third-order valence-electron chi connectivity index (χ3n) is 6.27. The highest BCUT2D eigenvalue weighted by Crippen LogP contribution is 2.31. The third-order valence-corrected chi connectivity index (χ3v) is 6.27. The zero-order chi connectivity index (χ0) is 19.9. The second-order valence-electron chi connectivity index (χ2n) is 8.51. The topological polar surface area (TPSA) is 39.7 Å². The number of nitrogens with zero attached hydrogens (tertiary/aromatic N) is 2. The van der Waals surface area contributed by atoms with Crippen LogP contribution in [0.5, 0.6) is 0 Å². The van der Waals surface area contributed by atoms with E-state index in [1.165, 1.54) is 43.5 Å². The SMILES string of the molecule is CN=C(NCC1CCN(C2CC2)C1)NCC(Cc1ccccc1)c1ccccc1. The van der Waals surface area contributed by atoms with Crippen molar-refractivity contribution in [3.63, 3.8) is 0 Å². The Labute approximate surface area is 175 Å². The summed E-state index contributed by atoms with van der Waals surface area (Å²) in [6, 6.07) is 22.5. The van der Waals surface area contributed by atoms with E-state index < -0.39 is 0 Å². The maximum absolute atomic E-state index is 4.47. The first-order valence-corrected chi connectivity index (χ1v) is 11.1. The highest BCUT2D eigenvalue weighted by molar-refractivity contribution is 5.79. The number of nitrogens with one attached hydrogen (secondary N) is 2. The highest BCUT2D eigenvalue weighted by atomic mass is 15.2. The average Bonchev–Trinajstić information content (AvgIpc) is 3.52. The molecular formula is C25H34N4. The van der Waals surface area contributed by atoms with Gasteiger partial charge in [0.25, 0.3) is 0 Å². The van der Waals surface area contributed by atoms with Gasteiger partial charge >= 0.3 is 0 Å². The molecule has 0 aromatic heterocycles. The monoisotopic (exact) mass is 390 g/mol. The summed E-state index contributed by atoms with van der Waals surface area (Å²) >= 11 is 0. The van der Waals surface area contributed by atoms with Crippen LogP contribution in [-0.2, 0) is 6.42 Å². The lowest BCUT2D eigenvalue weighted by molar-refractivity contribution is 0.314. The summed E-state index contributed by atoms with van der Waals surface area (Å²) in [7, 11) is 1.87. The third kappa shape index (κ3) is 5.83. The Hall–Kier alpha value is -2.33. The molecule has 2 aromatic carbocycles. The maximum atomic E-state index is 4.47. The first kappa shape index (κ1) is 20.0. The molecule has 0 spiro atoms. The molecule has 4 heteroatoms.